The fourth-order valence-electron chi connectivity index (χ4n) is 1.45. The molecule has 1 aromatic carbocycles. The minimum atomic E-state index is -1.03. The third-order valence-corrected chi connectivity index (χ3v) is 2.65. The molecule has 0 fully saturated rings. The minimum absolute atomic E-state index is 0.0980. The molecule has 86 valence electrons. The van der Waals surface area contributed by atoms with E-state index in [-0.39, 0.29) is 5.56 Å². The fraction of sp³-hybridized carbons (Fsp3) is 0.0833. The van der Waals surface area contributed by atoms with E-state index in [2.05, 4.69) is 9.97 Å². The molecule has 0 aliphatic heterocycles. The van der Waals surface area contributed by atoms with E-state index >= 15 is 0 Å². The van der Waals surface area contributed by atoms with E-state index in [1.165, 1.54) is 6.20 Å². The van der Waals surface area contributed by atoms with Crippen LogP contribution in [0.2, 0.25) is 5.02 Å². The smallest absolute Gasteiger partial charge is 0.339 e. The molecule has 0 atom stereocenters. The molecule has 1 aromatic heterocycles. The lowest BCUT2D eigenvalue weighted by molar-refractivity contribution is 0.0695. The van der Waals surface area contributed by atoms with Gasteiger partial charge in [-0.3, -0.25) is 0 Å². The lowest BCUT2D eigenvalue weighted by atomic mass is 10.2. The lowest BCUT2D eigenvalue weighted by Crippen LogP contribution is -2.04. The molecule has 0 unspecified atom stereocenters. The molecule has 4 nitrogen and oxygen atoms in total. The fourth-order valence-corrected chi connectivity index (χ4v) is 1.67. The van der Waals surface area contributed by atoms with Gasteiger partial charge in [0.1, 0.15) is 0 Å². The van der Waals surface area contributed by atoms with Crippen LogP contribution in [0.15, 0.2) is 30.5 Å². The molecule has 0 radical (unpaired) electrons. The highest BCUT2D eigenvalue weighted by atomic mass is 35.5. The van der Waals surface area contributed by atoms with E-state index in [1.54, 1.807) is 19.1 Å². The van der Waals surface area contributed by atoms with Crippen LogP contribution in [0.1, 0.15) is 16.1 Å². The van der Waals surface area contributed by atoms with Crippen LogP contribution in [0.5, 0.6) is 0 Å². The number of aromatic nitrogens is 2. The van der Waals surface area contributed by atoms with Crippen LogP contribution in [-0.2, 0) is 0 Å². The average Bonchev–Trinajstić information content (AvgIpc) is 2.29. The molecule has 0 bridgehead atoms. The van der Waals surface area contributed by atoms with Gasteiger partial charge in [0.2, 0.25) is 0 Å². The maximum Gasteiger partial charge on any atom is 0.339 e. The van der Waals surface area contributed by atoms with Crippen molar-refractivity contribution in [1.82, 2.24) is 9.97 Å². The summed E-state index contributed by atoms with van der Waals surface area (Å²) in [6.07, 6.45) is 1.29. The molecule has 17 heavy (non-hydrogen) atoms. The quantitative estimate of drug-likeness (QED) is 0.888. The van der Waals surface area contributed by atoms with Crippen molar-refractivity contribution in [3.63, 3.8) is 0 Å². The van der Waals surface area contributed by atoms with Gasteiger partial charge in [-0.2, -0.15) is 0 Å². The molecular formula is C12H9ClN2O2. The molecule has 0 aliphatic carbocycles. The van der Waals surface area contributed by atoms with Gasteiger partial charge in [-0.05, 0) is 19.1 Å². The van der Waals surface area contributed by atoms with Crippen LogP contribution in [0, 0.1) is 6.92 Å². The molecule has 0 saturated heterocycles. The van der Waals surface area contributed by atoms with Crippen molar-refractivity contribution in [1.29, 1.82) is 0 Å². The minimum Gasteiger partial charge on any atom is -0.478 e. The summed E-state index contributed by atoms with van der Waals surface area (Å²) in [6.45, 7) is 1.63. The number of rotatable bonds is 2. The molecule has 0 spiro atoms. The van der Waals surface area contributed by atoms with Crippen molar-refractivity contribution in [3.05, 3.63) is 46.7 Å². The number of aromatic carboxylic acids is 1. The van der Waals surface area contributed by atoms with Crippen molar-refractivity contribution >= 4 is 17.6 Å². The van der Waals surface area contributed by atoms with Crippen molar-refractivity contribution < 1.29 is 9.90 Å². The maximum absolute atomic E-state index is 10.8. The van der Waals surface area contributed by atoms with Crippen LogP contribution < -0.4 is 0 Å². The number of carbonyl (C=O) groups is 1. The number of carboxylic acid groups (broad SMARTS) is 1. The Morgan fingerprint density at radius 2 is 2.06 bits per heavy atom. The first kappa shape index (κ1) is 11.5. The highest BCUT2D eigenvalue weighted by Crippen LogP contribution is 2.24. The van der Waals surface area contributed by atoms with E-state index in [1.807, 2.05) is 12.1 Å². The average molecular weight is 249 g/mol. The third-order valence-electron chi connectivity index (χ3n) is 2.32. The number of nitrogens with zero attached hydrogens (tertiary/aromatic N) is 2. The second-order valence-electron chi connectivity index (χ2n) is 3.48. The normalized spacial score (nSPS) is 10.2. The first-order chi connectivity index (χ1) is 8.09. The molecule has 2 aromatic rings. The highest BCUT2D eigenvalue weighted by molar-refractivity contribution is 6.33. The van der Waals surface area contributed by atoms with E-state index < -0.39 is 5.97 Å². The first-order valence-corrected chi connectivity index (χ1v) is 5.29. The zero-order valence-electron chi connectivity index (χ0n) is 9.01. The van der Waals surface area contributed by atoms with Crippen molar-refractivity contribution in [3.8, 4) is 11.4 Å². The SMILES string of the molecule is Cc1nc(-c2ccccc2Cl)ncc1C(=O)O. The molecule has 5 heteroatoms. The summed E-state index contributed by atoms with van der Waals surface area (Å²) in [5, 5.41) is 9.41. The largest absolute Gasteiger partial charge is 0.478 e. The Balaban J connectivity index is 2.52. The topological polar surface area (TPSA) is 63.1 Å². The van der Waals surface area contributed by atoms with E-state index in [0.29, 0.717) is 22.1 Å². The Kier molecular flexibility index (Phi) is 3.06. The van der Waals surface area contributed by atoms with Gasteiger partial charge in [0.15, 0.2) is 5.82 Å². The van der Waals surface area contributed by atoms with E-state index in [9.17, 15) is 4.79 Å². The van der Waals surface area contributed by atoms with Gasteiger partial charge in [0, 0.05) is 11.8 Å². The third kappa shape index (κ3) is 2.26. The zero-order valence-corrected chi connectivity index (χ0v) is 9.77. The maximum atomic E-state index is 10.8. The van der Waals surface area contributed by atoms with Gasteiger partial charge in [-0.1, -0.05) is 23.7 Å². The zero-order chi connectivity index (χ0) is 12.4. The molecule has 0 amide bonds. The summed E-state index contributed by atoms with van der Waals surface area (Å²) in [4.78, 5) is 19.0. The Bertz CT molecular complexity index is 584. The molecular weight excluding hydrogens is 240 g/mol. The second-order valence-corrected chi connectivity index (χ2v) is 3.88. The Hall–Kier alpha value is -1.94. The molecule has 0 saturated carbocycles. The van der Waals surface area contributed by atoms with Gasteiger partial charge in [-0.25, -0.2) is 14.8 Å². The highest BCUT2D eigenvalue weighted by Gasteiger charge is 2.12. The summed E-state index contributed by atoms with van der Waals surface area (Å²) in [7, 11) is 0. The Labute approximate surface area is 103 Å². The Morgan fingerprint density at radius 3 is 2.65 bits per heavy atom. The molecule has 0 aliphatic rings. The first-order valence-electron chi connectivity index (χ1n) is 4.91. The summed E-state index contributed by atoms with van der Waals surface area (Å²) in [5.41, 5.74) is 1.21. The number of benzene rings is 1. The van der Waals surface area contributed by atoms with Crippen molar-refractivity contribution in [2.24, 2.45) is 0 Å². The number of hydrogen-bond donors (Lipinski definition) is 1. The molecule has 2 rings (SSSR count). The van der Waals surface area contributed by atoms with Crippen LogP contribution in [0.3, 0.4) is 0 Å². The van der Waals surface area contributed by atoms with Crippen LogP contribution in [0.25, 0.3) is 11.4 Å². The number of aryl methyl sites for hydroxylation is 1. The summed E-state index contributed by atoms with van der Waals surface area (Å²) < 4.78 is 0. The summed E-state index contributed by atoms with van der Waals surface area (Å²) in [6, 6.07) is 7.16. The Morgan fingerprint density at radius 1 is 1.35 bits per heavy atom. The predicted molar refractivity (Wildman–Crippen MR) is 64.2 cm³/mol. The summed E-state index contributed by atoms with van der Waals surface area (Å²) in [5.74, 6) is -0.605. The number of halogens is 1. The van der Waals surface area contributed by atoms with Crippen LogP contribution >= 0.6 is 11.6 Å². The number of carboxylic acids is 1. The number of hydrogen-bond acceptors (Lipinski definition) is 3. The standard InChI is InChI=1S/C12H9ClN2O2/c1-7-9(12(16)17)6-14-11(15-7)8-4-2-3-5-10(8)13/h2-6H,1H3,(H,16,17). The van der Waals surface area contributed by atoms with Crippen molar-refractivity contribution in [2.75, 3.05) is 0 Å². The van der Waals surface area contributed by atoms with Gasteiger partial charge in [0.05, 0.1) is 16.3 Å². The van der Waals surface area contributed by atoms with Crippen LogP contribution in [-0.4, -0.2) is 21.0 Å². The monoisotopic (exact) mass is 248 g/mol. The van der Waals surface area contributed by atoms with E-state index in [0.717, 1.165) is 0 Å². The van der Waals surface area contributed by atoms with Gasteiger partial charge in [-0.15, -0.1) is 0 Å². The lowest BCUT2D eigenvalue weighted by Gasteiger charge is -2.05. The van der Waals surface area contributed by atoms with Gasteiger partial charge < -0.3 is 5.11 Å². The van der Waals surface area contributed by atoms with Crippen molar-refractivity contribution in [2.45, 2.75) is 6.92 Å². The molecule has 1 N–H and O–H groups in total. The molecule has 1 heterocycles. The second kappa shape index (κ2) is 4.51. The summed E-state index contributed by atoms with van der Waals surface area (Å²) >= 11 is 6.02. The predicted octanol–water partition coefficient (Wildman–Crippen LogP) is 2.80. The van der Waals surface area contributed by atoms with Gasteiger partial charge >= 0.3 is 5.97 Å². The van der Waals surface area contributed by atoms with E-state index in [4.69, 9.17) is 16.7 Å². The van der Waals surface area contributed by atoms with Gasteiger partial charge in [0.25, 0.3) is 0 Å². The van der Waals surface area contributed by atoms with Crippen LogP contribution in [0.4, 0.5) is 0 Å².